The van der Waals surface area contributed by atoms with E-state index in [9.17, 15) is 4.39 Å². The minimum Gasteiger partial charge on any atom is -0.376 e. The predicted molar refractivity (Wildman–Crippen MR) is 35.5 cm³/mol. The molecule has 0 radical (unpaired) electrons. The van der Waals surface area contributed by atoms with Gasteiger partial charge in [0, 0.05) is 12.2 Å². The zero-order valence-corrected chi connectivity index (χ0v) is 6.38. The largest absolute Gasteiger partial charge is 0.376 e. The van der Waals surface area contributed by atoms with Crippen molar-refractivity contribution in [1.82, 2.24) is 10.3 Å². The van der Waals surface area contributed by atoms with Gasteiger partial charge in [-0.25, -0.2) is 4.39 Å². The molecule has 1 heterocycles. The molecule has 0 aliphatic carbocycles. The molecule has 0 fully saturated rings. The van der Waals surface area contributed by atoms with Crippen molar-refractivity contribution >= 4 is 0 Å². The number of halogens is 1. The highest BCUT2D eigenvalue weighted by Crippen LogP contribution is 1.88. The van der Waals surface area contributed by atoms with Gasteiger partial charge in [-0.15, -0.1) is 0 Å². The maximum atomic E-state index is 11.9. The SMILES string of the molecule is COCc1cn[nH][n+]1CCF. The summed E-state index contributed by atoms with van der Waals surface area (Å²) in [5.41, 5.74) is 0.852. The van der Waals surface area contributed by atoms with Crippen LogP contribution in [-0.2, 0) is 17.9 Å². The number of alkyl halides is 1. The van der Waals surface area contributed by atoms with Gasteiger partial charge < -0.3 is 4.74 Å². The Bertz CT molecular complexity index is 193. The summed E-state index contributed by atoms with van der Waals surface area (Å²) in [4.78, 5) is 0. The number of H-pyrrole nitrogens is 1. The van der Waals surface area contributed by atoms with E-state index < -0.39 is 6.67 Å². The maximum absolute atomic E-state index is 11.9. The maximum Gasteiger partial charge on any atom is 0.211 e. The van der Waals surface area contributed by atoms with Crippen LogP contribution in [0.1, 0.15) is 5.69 Å². The summed E-state index contributed by atoms with van der Waals surface area (Å²) in [7, 11) is 1.59. The predicted octanol–water partition coefficient (Wildman–Crippen LogP) is -0.187. The third kappa shape index (κ3) is 1.98. The molecule has 0 aliphatic rings. The lowest BCUT2D eigenvalue weighted by Crippen LogP contribution is -2.40. The molecule has 11 heavy (non-hydrogen) atoms. The highest BCUT2D eigenvalue weighted by molar-refractivity contribution is 4.79. The van der Waals surface area contributed by atoms with Gasteiger partial charge in [0.15, 0.2) is 5.69 Å². The molecule has 0 saturated heterocycles. The van der Waals surface area contributed by atoms with Gasteiger partial charge in [-0.2, -0.15) is 4.68 Å². The van der Waals surface area contributed by atoms with E-state index in [-0.39, 0.29) is 0 Å². The van der Waals surface area contributed by atoms with Crippen LogP contribution in [0.3, 0.4) is 0 Å². The van der Waals surface area contributed by atoms with E-state index in [4.69, 9.17) is 4.74 Å². The minimum atomic E-state index is -0.399. The van der Waals surface area contributed by atoms with E-state index in [2.05, 4.69) is 10.3 Å². The Hall–Kier alpha value is -0.970. The number of methoxy groups -OCH3 is 1. The summed E-state index contributed by atoms with van der Waals surface area (Å²) in [6, 6.07) is 0. The summed E-state index contributed by atoms with van der Waals surface area (Å²) < 4.78 is 18.4. The summed E-state index contributed by atoms with van der Waals surface area (Å²) in [5.74, 6) is 0. The first-order valence-electron chi connectivity index (χ1n) is 3.35. The molecule has 0 aliphatic heterocycles. The van der Waals surface area contributed by atoms with E-state index in [0.717, 1.165) is 5.69 Å². The summed E-state index contributed by atoms with van der Waals surface area (Å²) >= 11 is 0. The highest BCUT2D eigenvalue weighted by atomic mass is 19.1. The van der Waals surface area contributed by atoms with Crippen LogP contribution in [0.25, 0.3) is 0 Å². The summed E-state index contributed by atoms with van der Waals surface area (Å²) in [5, 5.41) is 6.39. The minimum absolute atomic E-state index is 0.304. The first-order valence-corrected chi connectivity index (χ1v) is 3.35. The molecule has 1 aromatic heterocycles. The summed E-state index contributed by atoms with van der Waals surface area (Å²) in [6.07, 6.45) is 1.62. The van der Waals surface area contributed by atoms with E-state index >= 15 is 0 Å². The Morgan fingerprint density at radius 2 is 2.64 bits per heavy atom. The molecule has 5 heteroatoms. The van der Waals surface area contributed by atoms with Crippen molar-refractivity contribution in [3.63, 3.8) is 0 Å². The molecule has 0 amide bonds. The first kappa shape index (κ1) is 8.13. The Kier molecular flexibility index (Phi) is 2.97. The van der Waals surface area contributed by atoms with Crippen molar-refractivity contribution in [1.29, 1.82) is 0 Å². The van der Waals surface area contributed by atoms with Gasteiger partial charge in [0.2, 0.25) is 6.20 Å². The Labute approximate surface area is 64.0 Å². The molecular weight excluding hydrogens is 149 g/mol. The molecule has 0 aromatic carbocycles. The van der Waals surface area contributed by atoms with E-state index in [1.54, 1.807) is 18.0 Å². The third-order valence-electron chi connectivity index (χ3n) is 1.34. The van der Waals surface area contributed by atoms with Gasteiger partial charge in [-0.1, -0.05) is 5.21 Å². The van der Waals surface area contributed by atoms with Gasteiger partial charge in [-0.3, -0.25) is 0 Å². The lowest BCUT2D eigenvalue weighted by Gasteiger charge is -1.94. The topological polar surface area (TPSA) is 41.8 Å². The standard InChI is InChI=1S/C6H10FN3O/c1-11-5-6-4-8-9-10(6)3-2-7/h4H,2-3,5H2,1H3/p+1. The first-order chi connectivity index (χ1) is 5.38. The van der Waals surface area contributed by atoms with E-state index in [0.29, 0.717) is 13.2 Å². The number of aromatic nitrogens is 3. The molecular formula is C6H11FN3O+. The second kappa shape index (κ2) is 4.02. The number of hydrogen-bond donors (Lipinski definition) is 1. The van der Waals surface area contributed by atoms with Crippen LogP contribution in [0.4, 0.5) is 4.39 Å². The quantitative estimate of drug-likeness (QED) is 0.620. The van der Waals surface area contributed by atoms with E-state index in [1.807, 2.05) is 0 Å². The molecule has 0 spiro atoms. The smallest absolute Gasteiger partial charge is 0.211 e. The normalized spacial score (nSPS) is 10.4. The fourth-order valence-electron chi connectivity index (χ4n) is 0.848. The number of nitrogens with one attached hydrogen (secondary N) is 1. The Morgan fingerprint density at radius 3 is 3.27 bits per heavy atom. The van der Waals surface area contributed by atoms with Crippen LogP contribution >= 0.6 is 0 Å². The lowest BCUT2D eigenvalue weighted by molar-refractivity contribution is -0.761. The zero-order chi connectivity index (χ0) is 8.10. The second-order valence-corrected chi connectivity index (χ2v) is 2.12. The fraction of sp³-hybridized carbons (Fsp3) is 0.667. The van der Waals surface area contributed by atoms with Crippen molar-refractivity contribution in [2.24, 2.45) is 0 Å². The zero-order valence-electron chi connectivity index (χ0n) is 6.38. The number of nitrogens with zero attached hydrogens (tertiary/aromatic N) is 2. The number of ether oxygens (including phenoxy) is 1. The van der Waals surface area contributed by atoms with Crippen molar-refractivity contribution in [3.05, 3.63) is 11.9 Å². The van der Waals surface area contributed by atoms with Crippen molar-refractivity contribution in [2.75, 3.05) is 13.8 Å². The summed E-state index contributed by atoms with van der Waals surface area (Å²) in [6.45, 7) is 0.360. The lowest BCUT2D eigenvalue weighted by atomic mass is 10.5. The molecule has 4 nitrogen and oxygen atoms in total. The Balaban J connectivity index is 2.62. The number of aromatic amines is 1. The number of aryl methyl sites for hydroxylation is 1. The van der Waals surface area contributed by atoms with Crippen molar-refractivity contribution < 1.29 is 13.8 Å². The van der Waals surface area contributed by atoms with Gasteiger partial charge in [0.05, 0.1) is 0 Å². The van der Waals surface area contributed by atoms with E-state index in [1.165, 1.54) is 0 Å². The molecule has 1 rings (SSSR count). The molecule has 1 aromatic rings. The van der Waals surface area contributed by atoms with Crippen LogP contribution in [0.5, 0.6) is 0 Å². The molecule has 0 atom stereocenters. The third-order valence-corrected chi connectivity index (χ3v) is 1.34. The van der Waals surface area contributed by atoms with Crippen LogP contribution in [0.15, 0.2) is 6.20 Å². The molecule has 1 N–H and O–H groups in total. The second-order valence-electron chi connectivity index (χ2n) is 2.12. The van der Waals surface area contributed by atoms with Gasteiger partial charge >= 0.3 is 0 Å². The fourth-order valence-corrected chi connectivity index (χ4v) is 0.848. The molecule has 62 valence electrons. The van der Waals surface area contributed by atoms with Gasteiger partial charge in [-0.05, 0) is 0 Å². The van der Waals surface area contributed by atoms with Crippen molar-refractivity contribution in [3.8, 4) is 0 Å². The molecule has 0 saturated carbocycles. The number of hydrogen-bond acceptors (Lipinski definition) is 2. The average molecular weight is 160 g/mol. The highest BCUT2D eigenvalue weighted by Gasteiger charge is 2.09. The molecule has 0 unspecified atom stereocenters. The average Bonchev–Trinajstić information content (AvgIpc) is 2.39. The van der Waals surface area contributed by atoms with Gasteiger partial charge in [0.1, 0.15) is 19.8 Å². The molecule has 0 bridgehead atoms. The Morgan fingerprint density at radius 1 is 1.82 bits per heavy atom. The monoisotopic (exact) mass is 160 g/mol. The van der Waals surface area contributed by atoms with Crippen LogP contribution in [0, 0.1) is 0 Å². The van der Waals surface area contributed by atoms with Crippen LogP contribution in [0.2, 0.25) is 0 Å². The van der Waals surface area contributed by atoms with Crippen LogP contribution < -0.4 is 4.68 Å². The van der Waals surface area contributed by atoms with Gasteiger partial charge in [0.25, 0.3) is 0 Å². The van der Waals surface area contributed by atoms with Crippen LogP contribution in [-0.4, -0.2) is 24.1 Å². The van der Waals surface area contributed by atoms with Crippen molar-refractivity contribution in [2.45, 2.75) is 13.2 Å². The number of rotatable bonds is 4.